The monoisotopic (exact) mass is 346 g/mol. The third-order valence-electron chi connectivity index (χ3n) is 8.95. The number of fused-ring (bicyclic) bond motifs is 3. The molecule has 0 radical (unpaired) electrons. The molecule has 0 heterocycles. The predicted octanol–water partition coefficient (Wildman–Crippen LogP) is 8.11. The summed E-state index contributed by atoms with van der Waals surface area (Å²) in [6.07, 6.45) is 19.7. The maximum atomic E-state index is 2.56. The first-order valence-corrected chi connectivity index (χ1v) is 12.1. The molecule has 3 aliphatic carbocycles. The second-order valence-corrected chi connectivity index (χ2v) is 10.5. The van der Waals surface area contributed by atoms with Crippen LogP contribution in [0.4, 0.5) is 0 Å². The van der Waals surface area contributed by atoms with Gasteiger partial charge in [0.1, 0.15) is 0 Å². The van der Waals surface area contributed by atoms with Crippen LogP contribution < -0.4 is 0 Å². The van der Waals surface area contributed by atoms with Crippen LogP contribution in [0, 0.1) is 47.3 Å². The number of hydrogen-bond acceptors (Lipinski definition) is 0. The van der Waals surface area contributed by atoms with Gasteiger partial charge in [0.15, 0.2) is 0 Å². The molecule has 6 unspecified atom stereocenters. The van der Waals surface area contributed by atoms with Gasteiger partial charge in [0.05, 0.1) is 0 Å². The second kappa shape index (κ2) is 9.27. The first-order chi connectivity index (χ1) is 12.1. The van der Waals surface area contributed by atoms with Crippen molar-refractivity contribution in [1.82, 2.24) is 0 Å². The summed E-state index contributed by atoms with van der Waals surface area (Å²) in [6.45, 7) is 9.83. The highest BCUT2D eigenvalue weighted by Crippen LogP contribution is 2.57. The first kappa shape index (κ1) is 19.8. The van der Waals surface area contributed by atoms with Crippen LogP contribution >= 0.6 is 0 Å². The largest absolute Gasteiger partial charge is 0.0654 e. The van der Waals surface area contributed by atoms with Gasteiger partial charge in [0.25, 0.3) is 0 Å². The zero-order chi connectivity index (χ0) is 17.8. The van der Waals surface area contributed by atoms with E-state index in [2.05, 4.69) is 27.7 Å². The Bertz CT molecular complexity index is 349. The number of rotatable bonds is 8. The molecule has 0 aliphatic heterocycles. The Kier molecular flexibility index (Phi) is 7.33. The van der Waals surface area contributed by atoms with Crippen LogP contribution in [-0.4, -0.2) is 0 Å². The Morgan fingerprint density at radius 1 is 0.640 bits per heavy atom. The van der Waals surface area contributed by atoms with Crippen molar-refractivity contribution in [3.05, 3.63) is 0 Å². The molecule has 0 bridgehead atoms. The van der Waals surface area contributed by atoms with Gasteiger partial charge >= 0.3 is 0 Å². The van der Waals surface area contributed by atoms with E-state index in [1.165, 1.54) is 38.5 Å². The average molecular weight is 347 g/mol. The first-order valence-electron chi connectivity index (χ1n) is 12.1. The van der Waals surface area contributed by atoms with Gasteiger partial charge in [-0.3, -0.25) is 0 Å². The minimum absolute atomic E-state index is 0.991. The highest BCUT2D eigenvalue weighted by molar-refractivity contribution is 4.98. The van der Waals surface area contributed by atoms with Crippen LogP contribution in [0.25, 0.3) is 0 Å². The fourth-order valence-electron chi connectivity index (χ4n) is 7.26. The van der Waals surface area contributed by atoms with Gasteiger partial charge in [-0.1, -0.05) is 66.2 Å². The number of unbranched alkanes of at least 4 members (excludes halogenated alkanes) is 2. The van der Waals surface area contributed by atoms with Crippen LogP contribution in [0.3, 0.4) is 0 Å². The van der Waals surface area contributed by atoms with Gasteiger partial charge in [-0.25, -0.2) is 0 Å². The highest BCUT2D eigenvalue weighted by atomic mass is 14.5. The van der Waals surface area contributed by atoms with Crippen molar-refractivity contribution in [2.45, 2.75) is 111 Å². The maximum Gasteiger partial charge on any atom is -0.0354 e. The predicted molar refractivity (Wildman–Crippen MR) is 111 cm³/mol. The Hall–Kier alpha value is 0. The molecular formula is C25H46. The van der Waals surface area contributed by atoms with Crippen molar-refractivity contribution in [2.24, 2.45) is 47.3 Å². The van der Waals surface area contributed by atoms with Crippen LogP contribution in [0.15, 0.2) is 0 Å². The second-order valence-electron chi connectivity index (χ2n) is 10.5. The normalized spacial score (nSPS) is 40.3. The lowest BCUT2D eigenvalue weighted by Gasteiger charge is -2.40. The molecule has 146 valence electrons. The molecule has 0 amide bonds. The molecule has 0 aromatic carbocycles. The van der Waals surface area contributed by atoms with Gasteiger partial charge < -0.3 is 0 Å². The molecule has 0 aromatic heterocycles. The van der Waals surface area contributed by atoms with E-state index in [-0.39, 0.29) is 0 Å². The summed E-state index contributed by atoms with van der Waals surface area (Å²) in [5.74, 6) is 8.60. The van der Waals surface area contributed by atoms with E-state index < -0.39 is 0 Å². The third-order valence-corrected chi connectivity index (χ3v) is 8.95. The SMILES string of the molecule is CCCC[C@@H](C)C1CCC2C(CC3CC([C@@H](C)CCCC)CCC32)C1. The van der Waals surface area contributed by atoms with Crippen molar-refractivity contribution in [3.8, 4) is 0 Å². The summed E-state index contributed by atoms with van der Waals surface area (Å²) in [4.78, 5) is 0. The lowest BCUT2D eigenvalue weighted by Crippen LogP contribution is -2.30. The Morgan fingerprint density at radius 2 is 1.08 bits per heavy atom. The van der Waals surface area contributed by atoms with Gasteiger partial charge in [-0.05, 0) is 92.3 Å². The van der Waals surface area contributed by atoms with E-state index in [0.717, 1.165) is 47.3 Å². The Morgan fingerprint density at radius 3 is 1.48 bits per heavy atom. The molecule has 3 fully saturated rings. The quantitative estimate of drug-likeness (QED) is 0.416. The molecule has 0 aromatic rings. The van der Waals surface area contributed by atoms with Gasteiger partial charge in [0.2, 0.25) is 0 Å². The van der Waals surface area contributed by atoms with Crippen molar-refractivity contribution in [3.63, 3.8) is 0 Å². The van der Waals surface area contributed by atoms with E-state index in [1.807, 2.05) is 0 Å². The molecule has 25 heavy (non-hydrogen) atoms. The summed E-state index contributed by atoms with van der Waals surface area (Å²) >= 11 is 0. The van der Waals surface area contributed by atoms with Crippen molar-refractivity contribution in [1.29, 1.82) is 0 Å². The third kappa shape index (κ3) is 4.65. The summed E-state index contributed by atoms with van der Waals surface area (Å²) in [7, 11) is 0. The standard InChI is InChI=1S/C25H46/c1-5-7-9-18(3)20-11-13-24-22(15-20)17-23-16-21(12-14-25(23)24)19(4)10-8-6-2/h18-25H,5-17H2,1-4H3/t18-,19+,20?,21?,22?,23?,24?,25?. The zero-order valence-electron chi connectivity index (χ0n) is 17.8. The Labute approximate surface area is 158 Å². The van der Waals surface area contributed by atoms with Crippen molar-refractivity contribution < 1.29 is 0 Å². The molecule has 3 aliphatic rings. The lowest BCUT2D eigenvalue weighted by molar-refractivity contribution is 0.103. The average Bonchev–Trinajstić information content (AvgIpc) is 3.00. The van der Waals surface area contributed by atoms with E-state index >= 15 is 0 Å². The molecule has 8 atom stereocenters. The summed E-state index contributed by atoms with van der Waals surface area (Å²) in [5, 5.41) is 0. The molecule has 0 nitrogen and oxygen atoms in total. The highest BCUT2D eigenvalue weighted by Gasteiger charge is 2.48. The van der Waals surface area contributed by atoms with Crippen molar-refractivity contribution >= 4 is 0 Å². The smallest absolute Gasteiger partial charge is 0.0354 e. The Balaban J connectivity index is 1.51. The van der Waals surface area contributed by atoms with Crippen LogP contribution in [0.2, 0.25) is 0 Å². The molecule has 0 spiro atoms. The van der Waals surface area contributed by atoms with E-state index in [0.29, 0.717) is 0 Å². The van der Waals surface area contributed by atoms with Gasteiger partial charge in [-0.15, -0.1) is 0 Å². The number of hydrogen-bond donors (Lipinski definition) is 0. The zero-order valence-corrected chi connectivity index (χ0v) is 17.8. The molecule has 3 rings (SSSR count). The minimum atomic E-state index is 0.991. The molecule has 0 N–H and O–H groups in total. The van der Waals surface area contributed by atoms with Crippen LogP contribution in [-0.2, 0) is 0 Å². The maximum absolute atomic E-state index is 2.56. The van der Waals surface area contributed by atoms with Crippen LogP contribution in [0.1, 0.15) is 111 Å². The summed E-state index contributed by atoms with van der Waals surface area (Å²) in [5.41, 5.74) is 0. The van der Waals surface area contributed by atoms with E-state index in [4.69, 9.17) is 0 Å². The lowest BCUT2D eigenvalue weighted by atomic mass is 9.66. The van der Waals surface area contributed by atoms with Gasteiger partial charge in [-0.2, -0.15) is 0 Å². The summed E-state index contributed by atoms with van der Waals surface area (Å²) in [6, 6.07) is 0. The molecular weight excluding hydrogens is 300 g/mol. The summed E-state index contributed by atoms with van der Waals surface area (Å²) < 4.78 is 0. The molecule has 3 saturated carbocycles. The fourth-order valence-corrected chi connectivity index (χ4v) is 7.26. The topological polar surface area (TPSA) is 0 Å². The van der Waals surface area contributed by atoms with E-state index in [9.17, 15) is 0 Å². The molecule has 0 heteroatoms. The molecule has 0 saturated heterocycles. The van der Waals surface area contributed by atoms with E-state index in [1.54, 1.807) is 44.9 Å². The fraction of sp³-hybridized carbons (Fsp3) is 1.00. The minimum Gasteiger partial charge on any atom is -0.0654 e. The van der Waals surface area contributed by atoms with Gasteiger partial charge in [0, 0.05) is 0 Å². The van der Waals surface area contributed by atoms with Crippen molar-refractivity contribution in [2.75, 3.05) is 0 Å². The van der Waals surface area contributed by atoms with Crippen LogP contribution in [0.5, 0.6) is 0 Å².